The molecule has 2 aromatic rings. The van der Waals surface area contributed by atoms with Crippen molar-refractivity contribution in [1.29, 1.82) is 0 Å². The van der Waals surface area contributed by atoms with Gasteiger partial charge in [-0.3, -0.25) is 0 Å². The summed E-state index contributed by atoms with van der Waals surface area (Å²) in [6.07, 6.45) is 1.10. The predicted octanol–water partition coefficient (Wildman–Crippen LogP) is 3.96. The van der Waals surface area contributed by atoms with Gasteiger partial charge in [0.15, 0.2) is 0 Å². The first kappa shape index (κ1) is 14.7. The van der Waals surface area contributed by atoms with E-state index in [1.54, 1.807) is 0 Å². The minimum Gasteiger partial charge on any atom is -0.309 e. The molecule has 0 aliphatic heterocycles. The highest BCUT2D eigenvalue weighted by Crippen LogP contribution is 2.09. The monoisotopic (exact) mass is 261 g/mol. The van der Waals surface area contributed by atoms with Gasteiger partial charge in [0.05, 0.1) is 0 Å². The summed E-state index contributed by atoms with van der Waals surface area (Å²) in [5.74, 6) is 0. The maximum atomic E-state index is 3.49. The average molecular weight is 262 g/mol. The number of hydrogen-bond donors (Lipinski definition) is 1. The van der Waals surface area contributed by atoms with Gasteiger partial charge in [0.2, 0.25) is 0 Å². The molecule has 0 spiro atoms. The Morgan fingerprint density at radius 3 is 2.06 bits per heavy atom. The van der Waals surface area contributed by atoms with E-state index in [0.717, 1.165) is 19.5 Å². The van der Waals surface area contributed by atoms with Crippen molar-refractivity contribution in [3.63, 3.8) is 0 Å². The van der Waals surface area contributed by atoms with E-state index in [2.05, 4.69) is 66.8 Å². The van der Waals surface area contributed by atoms with E-state index in [0.29, 0.717) is 0 Å². The molecule has 0 unspecified atom stereocenters. The largest absolute Gasteiger partial charge is 0.309 e. The van der Waals surface area contributed by atoms with Crippen LogP contribution in [0.5, 0.6) is 0 Å². The number of nitrogens with one attached hydrogen (secondary N) is 1. The Bertz CT molecular complexity index is 454. The first-order valence-corrected chi connectivity index (χ1v) is 6.21. The smallest absolute Gasteiger partial charge is 0.0211 e. The normalized spacial score (nSPS) is 9.83. The molecular formula is C16H20ClN. The Morgan fingerprint density at radius 2 is 1.39 bits per heavy atom. The van der Waals surface area contributed by atoms with Crippen molar-refractivity contribution in [3.8, 4) is 0 Å². The minimum atomic E-state index is 0. The second kappa shape index (κ2) is 7.91. The molecule has 18 heavy (non-hydrogen) atoms. The van der Waals surface area contributed by atoms with Crippen LogP contribution < -0.4 is 5.32 Å². The lowest BCUT2D eigenvalue weighted by molar-refractivity contribution is 0.688. The molecule has 0 aliphatic carbocycles. The van der Waals surface area contributed by atoms with Crippen molar-refractivity contribution < 1.29 is 0 Å². The van der Waals surface area contributed by atoms with Crippen molar-refractivity contribution in [2.24, 2.45) is 0 Å². The van der Waals surface area contributed by atoms with E-state index in [4.69, 9.17) is 0 Å². The molecule has 0 aliphatic rings. The molecular weight excluding hydrogens is 242 g/mol. The van der Waals surface area contributed by atoms with E-state index in [-0.39, 0.29) is 12.4 Å². The highest BCUT2D eigenvalue weighted by molar-refractivity contribution is 5.85. The Kier molecular flexibility index (Phi) is 6.48. The van der Waals surface area contributed by atoms with Gasteiger partial charge in [0.1, 0.15) is 0 Å². The molecule has 0 aromatic heterocycles. The maximum Gasteiger partial charge on any atom is 0.0211 e. The summed E-state index contributed by atoms with van der Waals surface area (Å²) in [5, 5.41) is 3.49. The standard InChI is InChI=1S/C16H19N.ClH/c1-2-15-10-6-7-11-16(15)13-17-12-14-8-4-3-5-9-14;/h3-11,17H,2,12-13H2,1H3;1H. The summed E-state index contributed by atoms with van der Waals surface area (Å²) in [5.41, 5.74) is 4.18. The number of aryl methyl sites for hydroxylation is 1. The predicted molar refractivity (Wildman–Crippen MR) is 80.1 cm³/mol. The van der Waals surface area contributed by atoms with Crippen LogP contribution in [0, 0.1) is 0 Å². The number of hydrogen-bond acceptors (Lipinski definition) is 1. The van der Waals surface area contributed by atoms with Crippen molar-refractivity contribution in [3.05, 3.63) is 71.3 Å². The van der Waals surface area contributed by atoms with Gasteiger partial charge >= 0.3 is 0 Å². The zero-order valence-corrected chi connectivity index (χ0v) is 11.5. The lowest BCUT2D eigenvalue weighted by Crippen LogP contribution is -2.13. The molecule has 2 aromatic carbocycles. The summed E-state index contributed by atoms with van der Waals surface area (Å²) in [7, 11) is 0. The molecule has 1 N–H and O–H groups in total. The van der Waals surface area contributed by atoms with E-state index < -0.39 is 0 Å². The van der Waals surface area contributed by atoms with Gasteiger partial charge in [0.25, 0.3) is 0 Å². The number of halogens is 1. The number of rotatable bonds is 5. The van der Waals surface area contributed by atoms with Crippen LogP contribution >= 0.6 is 12.4 Å². The molecule has 2 rings (SSSR count). The third kappa shape index (κ3) is 4.17. The Balaban J connectivity index is 0.00000162. The summed E-state index contributed by atoms with van der Waals surface area (Å²) >= 11 is 0. The topological polar surface area (TPSA) is 12.0 Å². The van der Waals surface area contributed by atoms with Gasteiger partial charge in [-0.2, -0.15) is 0 Å². The van der Waals surface area contributed by atoms with Crippen molar-refractivity contribution >= 4 is 12.4 Å². The van der Waals surface area contributed by atoms with E-state index in [9.17, 15) is 0 Å². The van der Waals surface area contributed by atoms with Gasteiger partial charge in [0, 0.05) is 13.1 Å². The molecule has 0 amide bonds. The van der Waals surface area contributed by atoms with Gasteiger partial charge in [-0.05, 0) is 23.1 Å². The highest BCUT2D eigenvalue weighted by atomic mass is 35.5. The first-order chi connectivity index (χ1) is 8.40. The Morgan fingerprint density at radius 1 is 0.778 bits per heavy atom. The zero-order chi connectivity index (χ0) is 11.9. The molecule has 0 heterocycles. The zero-order valence-electron chi connectivity index (χ0n) is 10.7. The van der Waals surface area contributed by atoms with Crippen LogP contribution in [-0.4, -0.2) is 0 Å². The summed E-state index contributed by atoms with van der Waals surface area (Å²) in [6, 6.07) is 19.1. The van der Waals surface area contributed by atoms with Gasteiger partial charge in [-0.1, -0.05) is 61.5 Å². The van der Waals surface area contributed by atoms with Crippen LogP contribution in [0.4, 0.5) is 0 Å². The molecule has 0 bridgehead atoms. The van der Waals surface area contributed by atoms with Crippen molar-refractivity contribution in [1.82, 2.24) is 5.32 Å². The third-order valence-corrected chi connectivity index (χ3v) is 2.99. The molecule has 0 radical (unpaired) electrons. The van der Waals surface area contributed by atoms with Crippen LogP contribution in [0.2, 0.25) is 0 Å². The summed E-state index contributed by atoms with van der Waals surface area (Å²) in [4.78, 5) is 0. The fraction of sp³-hybridized carbons (Fsp3) is 0.250. The van der Waals surface area contributed by atoms with Crippen molar-refractivity contribution in [2.45, 2.75) is 26.4 Å². The molecule has 0 fully saturated rings. The van der Waals surface area contributed by atoms with Gasteiger partial charge < -0.3 is 5.32 Å². The van der Waals surface area contributed by atoms with Crippen LogP contribution in [0.3, 0.4) is 0 Å². The fourth-order valence-electron chi connectivity index (χ4n) is 2.01. The fourth-order valence-corrected chi connectivity index (χ4v) is 2.01. The molecule has 0 saturated carbocycles. The minimum absolute atomic E-state index is 0. The Labute approximate surface area is 116 Å². The lowest BCUT2D eigenvalue weighted by atomic mass is 10.1. The van der Waals surface area contributed by atoms with Crippen LogP contribution in [-0.2, 0) is 19.5 Å². The van der Waals surface area contributed by atoms with Gasteiger partial charge in [-0.15, -0.1) is 12.4 Å². The molecule has 1 nitrogen and oxygen atoms in total. The van der Waals surface area contributed by atoms with E-state index >= 15 is 0 Å². The average Bonchev–Trinajstić information content (AvgIpc) is 2.40. The molecule has 2 heteroatoms. The molecule has 0 atom stereocenters. The molecule has 0 saturated heterocycles. The van der Waals surface area contributed by atoms with Gasteiger partial charge in [-0.25, -0.2) is 0 Å². The van der Waals surface area contributed by atoms with Crippen LogP contribution in [0.1, 0.15) is 23.6 Å². The lowest BCUT2D eigenvalue weighted by Gasteiger charge is -2.09. The molecule has 96 valence electrons. The SMILES string of the molecule is CCc1ccccc1CNCc1ccccc1.Cl. The second-order valence-corrected chi connectivity index (χ2v) is 4.21. The Hall–Kier alpha value is -1.31. The van der Waals surface area contributed by atoms with Crippen LogP contribution in [0.25, 0.3) is 0 Å². The first-order valence-electron chi connectivity index (χ1n) is 6.21. The van der Waals surface area contributed by atoms with E-state index in [1.807, 2.05) is 0 Å². The van der Waals surface area contributed by atoms with Crippen LogP contribution in [0.15, 0.2) is 54.6 Å². The van der Waals surface area contributed by atoms with E-state index in [1.165, 1.54) is 16.7 Å². The summed E-state index contributed by atoms with van der Waals surface area (Å²) < 4.78 is 0. The highest BCUT2D eigenvalue weighted by Gasteiger charge is 1.98. The third-order valence-electron chi connectivity index (χ3n) is 2.99. The maximum absolute atomic E-state index is 3.49. The second-order valence-electron chi connectivity index (χ2n) is 4.21. The van der Waals surface area contributed by atoms with Crippen molar-refractivity contribution in [2.75, 3.05) is 0 Å². The summed E-state index contributed by atoms with van der Waals surface area (Å²) in [6.45, 7) is 4.08. The number of benzene rings is 2. The quantitative estimate of drug-likeness (QED) is 0.859.